The van der Waals surface area contributed by atoms with Gasteiger partial charge in [0.2, 0.25) is 10.0 Å². The van der Waals surface area contributed by atoms with E-state index in [9.17, 15) is 8.42 Å². The molecule has 0 spiro atoms. The van der Waals surface area contributed by atoms with Gasteiger partial charge in [-0.05, 0) is 37.9 Å². The summed E-state index contributed by atoms with van der Waals surface area (Å²) in [7, 11) is -3.71. The average molecular weight is 388 g/mol. The van der Waals surface area contributed by atoms with Crippen LogP contribution in [-0.4, -0.2) is 26.6 Å². The molecule has 0 radical (unpaired) electrons. The number of amidine groups is 1. The Balaban J connectivity index is 1.95. The molecule has 3 N–H and O–H groups in total. The fraction of sp³-hybridized carbons (Fsp3) is 0.350. The lowest BCUT2D eigenvalue weighted by atomic mass is 9.97. The van der Waals surface area contributed by atoms with Gasteiger partial charge in [0.1, 0.15) is 10.9 Å². The molecule has 0 aromatic heterocycles. The molecule has 2 aromatic rings. The molecule has 0 saturated carbocycles. The summed E-state index contributed by atoms with van der Waals surface area (Å²) in [5.41, 5.74) is 6.39. The maximum atomic E-state index is 13.0. The molecular formula is C20H25N3O3S. The van der Waals surface area contributed by atoms with Gasteiger partial charge >= 0.3 is 0 Å². The fourth-order valence-corrected chi connectivity index (χ4v) is 5.19. The van der Waals surface area contributed by atoms with Gasteiger partial charge in [-0.15, -0.1) is 0 Å². The molecular weight excluding hydrogens is 362 g/mol. The molecule has 2 atom stereocenters. The minimum Gasteiger partial charge on any atom is -0.457 e. The first-order valence-electron chi connectivity index (χ1n) is 8.92. The van der Waals surface area contributed by atoms with Crippen LogP contribution in [0.15, 0.2) is 65.7 Å². The lowest BCUT2D eigenvalue weighted by Gasteiger charge is -2.39. The van der Waals surface area contributed by atoms with Crippen LogP contribution < -0.4 is 10.5 Å². The van der Waals surface area contributed by atoms with Crippen LogP contribution in [0.5, 0.6) is 0 Å². The number of nitrogens with one attached hydrogen (secondary N) is 1. The molecule has 1 saturated heterocycles. The summed E-state index contributed by atoms with van der Waals surface area (Å²) >= 11 is 0. The SMILES string of the molecule is CC1(C)OC(=N[C@@H](CCN)c2ccccc2)NS(=O)(=O)C1c1ccccc1. The molecule has 3 rings (SSSR count). The zero-order valence-corrected chi connectivity index (χ0v) is 16.3. The third-order valence-corrected chi connectivity index (χ3v) is 6.45. The molecule has 27 heavy (non-hydrogen) atoms. The van der Waals surface area contributed by atoms with Crippen molar-refractivity contribution in [2.45, 2.75) is 37.2 Å². The van der Waals surface area contributed by atoms with E-state index in [4.69, 9.17) is 10.5 Å². The number of aliphatic imine (C=N–C) groups is 1. The Hall–Kier alpha value is -2.38. The summed E-state index contributed by atoms with van der Waals surface area (Å²) in [4.78, 5) is 4.54. The van der Waals surface area contributed by atoms with Gasteiger partial charge in [-0.1, -0.05) is 60.7 Å². The third-order valence-electron chi connectivity index (χ3n) is 4.53. The van der Waals surface area contributed by atoms with Crippen molar-refractivity contribution in [1.29, 1.82) is 0 Å². The molecule has 6 nitrogen and oxygen atoms in total. The van der Waals surface area contributed by atoms with Gasteiger partial charge in [-0.3, -0.25) is 0 Å². The molecule has 1 unspecified atom stereocenters. The van der Waals surface area contributed by atoms with Crippen LogP contribution in [0.1, 0.15) is 42.7 Å². The molecule has 1 aliphatic rings. The van der Waals surface area contributed by atoms with Crippen molar-refractivity contribution in [2.75, 3.05) is 6.54 Å². The van der Waals surface area contributed by atoms with Crippen molar-refractivity contribution in [3.63, 3.8) is 0 Å². The zero-order valence-electron chi connectivity index (χ0n) is 15.5. The van der Waals surface area contributed by atoms with Crippen molar-refractivity contribution in [2.24, 2.45) is 10.7 Å². The van der Waals surface area contributed by atoms with Gasteiger partial charge in [0, 0.05) is 0 Å². The second-order valence-corrected chi connectivity index (χ2v) is 8.85. The number of sulfonamides is 1. The van der Waals surface area contributed by atoms with E-state index < -0.39 is 20.9 Å². The first-order valence-corrected chi connectivity index (χ1v) is 10.5. The van der Waals surface area contributed by atoms with Crippen molar-refractivity contribution < 1.29 is 13.2 Å². The summed E-state index contributed by atoms with van der Waals surface area (Å²) in [6.45, 7) is 3.96. The Morgan fingerprint density at radius 1 is 1.11 bits per heavy atom. The maximum absolute atomic E-state index is 13.0. The van der Waals surface area contributed by atoms with E-state index >= 15 is 0 Å². The number of nitrogens with zero attached hydrogens (tertiary/aromatic N) is 1. The highest BCUT2D eigenvalue weighted by Crippen LogP contribution is 2.38. The Labute approximate surface area is 160 Å². The Morgan fingerprint density at radius 2 is 1.70 bits per heavy atom. The predicted molar refractivity (Wildman–Crippen MR) is 107 cm³/mol. The largest absolute Gasteiger partial charge is 0.457 e. The Morgan fingerprint density at radius 3 is 2.26 bits per heavy atom. The minimum atomic E-state index is -3.71. The summed E-state index contributed by atoms with van der Waals surface area (Å²) < 4.78 is 34.5. The fourth-order valence-electron chi connectivity index (χ4n) is 3.42. The van der Waals surface area contributed by atoms with Gasteiger partial charge in [0.05, 0.1) is 6.04 Å². The molecule has 7 heteroatoms. The Kier molecular flexibility index (Phi) is 5.53. The van der Waals surface area contributed by atoms with E-state index in [0.29, 0.717) is 18.5 Å². The van der Waals surface area contributed by atoms with E-state index in [-0.39, 0.29) is 12.1 Å². The average Bonchev–Trinajstić information content (AvgIpc) is 2.61. The van der Waals surface area contributed by atoms with Gasteiger partial charge < -0.3 is 10.5 Å². The molecule has 0 amide bonds. The third kappa shape index (κ3) is 4.31. The second-order valence-electron chi connectivity index (χ2n) is 7.08. The van der Waals surface area contributed by atoms with Gasteiger partial charge in [-0.2, -0.15) is 0 Å². The molecule has 1 heterocycles. The van der Waals surface area contributed by atoms with Gasteiger partial charge in [-0.25, -0.2) is 18.1 Å². The van der Waals surface area contributed by atoms with Gasteiger partial charge in [0.15, 0.2) is 0 Å². The van der Waals surface area contributed by atoms with Crippen LogP contribution in [0.3, 0.4) is 0 Å². The maximum Gasteiger partial charge on any atom is 0.299 e. The highest BCUT2D eigenvalue weighted by Gasteiger charge is 2.48. The Bertz CT molecular complexity index is 897. The van der Waals surface area contributed by atoms with Crippen molar-refractivity contribution in [3.05, 3.63) is 71.8 Å². The van der Waals surface area contributed by atoms with Crippen LogP contribution >= 0.6 is 0 Å². The summed E-state index contributed by atoms with van der Waals surface area (Å²) in [5.74, 6) is 0. The number of ether oxygens (including phenoxy) is 1. The lowest BCUT2D eigenvalue weighted by Crippen LogP contribution is -2.53. The number of rotatable bonds is 5. The van der Waals surface area contributed by atoms with Crippen molar-refractivity contribution >= 4 is 16.0 Å². The molecule has 2 aromatic carbocycles. The first-order chi connectivity index (χ1) is 12.8. The van der Waals surface area contributed by atoms with E-state index in [0.717, 1.165) is 5.56 Å². The molecule has 144 valence electrons. The van der Waals surface area contributed by atoms with Crippen LogP contribution in [0.25, 0.3) is 0 Å². The highest BCUT2D eigenvalue weighted by molar-refractivity contribution is 7.90. The van der Waals surface area contributed by atoms with E-state index in [1.807, 2.05) is 48.5 Å². The number of hydrogen-bond donors (Lipinski definition) is 2. The molecule has 0 bridgehead atoms. The van der Waals surface area contributed by atoms with E-state index in [1.165, 1.54) is 0 Å². The van der Waals surface area contributed by atoms with E-state index in [1.54, 1.807) is 26.0 Å². The summed E-state index contributed by atoms with van der Waals surface area (Å²) in [6, 6.07) is 18.4. The molecule has 1 fully saturated rings. The van der Waals surface area contributed by atoms with Crippen molar-refractivity contribution in [1.82, 2.24) is 4.72 Å². The normalized spacial score (nSPS) is 23.2. The van der Waals surface area contributed by atoms with Crippen LogP contribution in [0, 0.1) is 0 Å². The van der Waals surface area contributed by atoms with Crippen LogP contribution in [-0.2, 0) is 14.8 Å². The number of hydrogen-bond acceptors (Lipinski definition) is 5. The van der Waals surface area contributed by atoms with Crippen LogP contribution in [0.4, 0.5) is 0 Å². The number of nitrogens with two attached hydrogens (primary N) is 1. The van der Waals surface area contributed by atoms with Gasteiger partial charge in [0.25, 0.3) is 6.02 Å². The smallest absolute Gasteiger partial charge is 0.299 e. The number of benzene rings is 2. The molecule has 0 aliphatic carbocycles. The zero-order chi connectivity index (χ0) is 19.5. The molecule has 1 aliphatic heterocycles. The highest BCUT2D eigenvalue weighted by atomic mass is 32.2. The minimum absolute atomic E-state index is 0.00878. The topological polar surface area (TPSA) is 93.8 Å². The van der Waals surface area contributed by atoms with E-state index in [2.05, 4.69) is 9.71 Å². The quantitative estimate of drug-likeness (QED) is 0.825. The monoisotopic (exact) mass is 387 g/mol. The standard InChI is InChI=1S/C20H25N3O3S/c1-20(2)18(16-11-7-4-8-12-16)27(24,25)23-19(26-20)22-17(13-14-21)15-9-5-3-6-10-15/h3-12,17-18H,13-14,21H2,1-2H3,(H,22,23)/t17-,18?/m0/s1. The predicted octanol–water partition coefficient (Wildman–Crippen LogP) is 2.90. The summed E-state index contributed by atoms with van der Waals surface area (Å²) in [6.07, 6.45) is 0.584. The summed E-state index contributed by atoms with van der Waals surface area (Å²) in [5, 5.41) is -0.838. The van der Waals surface area contributed by atoms with Crippen molar-refractivity contribution in [3.8, 4) is 0 Å². The first kappa shape index (κ1) is 19.4. The lowest BCUT2D eigenvalue weighted by molar-refractivity contribution is 0.0760. The second kappa shape index (κ2) is 7.70. The van der Waals surface area contributed by atoms with Crippen LogP contribution in [0.2, 0.25) is 0 Å².